The lowest BCUT2D eigenvalue weighted by Gasteiger charge is -2.44. The molecule has 3 aliphatic heterocycles. The van der Waals surface area contributed by atoms with Gasteiger partial charge in [-0.15, -0.1) is 0 Å². The van der Waals surface area contributed by atoms with E-state index in [1.165, 1.54) is 12.1 Å². The molecular formula is C36H31BrFN7O2. The first-order valence-electron chi connectivity index (χ1n) is 15.4. The van der Waals surface area contributed by atoms with Gasteiger partial charge in [0, 0.05) is 37.4 Å². The predicted octanol–water partition coefficient (Wildman–Crippen LogP) is 7.30. The number of aromatic hydroxyl groups is 1. The van der Waals surface area contributed by atoms with Crippen LogP contribution < -0.4 is 14.5 Å². The Labute approximate surface area is 280 Å². The largest absolute Gasteiger partial charge is 0.503 e. The van der Waals surface area contributed by atoms with Gasteiger partial charge in [0.25, 0.3) is 0 Å². The minimum atomic E-state index is -0.368. The summed E-state index contributed by atoms with van der Waals surface area (Å²) in [5.74, 6) is 2.39. The van der Waals surface area contributed by atoms with E-state index in [1.54, 1.807) is 7.11 Å². The van der Waals surface area contributed by atoms with Crippen LogP contribution in [0.2, 0.25) is 0 Å². The number of benzene rings is 4. The fourth-order valence-electron chi connectivity index (χ4n) is 6.71. The Bertz CT molecular complexity index is 2050. The number of piperazine rings is 1. The molecule has 0 spiro atoms. The maximum Gasteiger partial charge on any atom is 0.179 e. The molecule has 1 N–H and O–H groups in total. The van der Waals surface area contributed by atoms with Crippen molar-refractivity contribution in [3.05, 3.63) is 118 Å². The Morgan fingerprint density at radius 3 is 2.28 bits per heavy atom. The molecular weight excluding hydrogens is 661 g/mol. The highest BCUT2D eigenvalue weighted by Crippen LogP contribution is 2.50. The number of methoxy groups -OCH3 is 1. The lowest BCUT2D eigenvalue weighted by molar-refractivity contribution is 0.371. The van der Waals surface area contributed by atoms with Gasteiger partial charge in [0.1, 0.15) is 5.82 Å². The SMILES string of the molecule is COc1cc([C@H]2c3c(C)nn(-c4ccccc4)c3N=C3C(N4CCN(c5ccc(F)cc5)CC4)=Nc4ccccc4N32)cc(Br)c1O. The van der Waals surface area contributed by atoms with Crippen LogP contribution in [-0.4, -0.2) is 64.7 Å². The van der Waals surface area contributed by atoms with Crippen LogP contribution in [0.15, 0.2) is 105 Å². The molecule has 1 atom stereocenters. The van der Waals surface area contributed by atoms with E-state index in [9.17, 15) is 9.50 Å². The summed E-state index contributed by atoms with van der Waals surface area (Å²) < 4.78 is 21.7. The summed E-state index contributed by atoms with van der Waals surface area (Å²) in [5.41, 5.74) is 6.36. The molecule has 0 amide bonds. The van der Waals surface area contributed by atoms with Crippen molar-refractivity contribution in [2.24, 2.45) is 9.98 Å². The minimum Gasteiger partial charge on any atom is -0.503 e. The van der Waals surface area contributed by atoms with Crippen LogP contribution in [0.1, 0.15) is 22.9 Å². The first-order chi connectivity index (χ1) is 22.9. The number of fused-ring (bicyclic) bond motifs is 4. The van der Waals surface area contributed by atoms with Crippen LogP contribution in [0, 0.1) is 12.7 Å². The van der Waals surface area contributed by atoms with Gasteiger partial charge in [-0.1, -0.05) is 30.3 Å². The van der Waals surface area contributed by atoms with Gasteiger partial charge in [-0.25, -0.2) is 19.1 Å². The van der Waals surface area contributed by atoms with Gasteiger partial charge < -0.3 is 24.5 Å². The Kier molecular flexibility index (Phi) is 7.20. The molecule has 47 heavy (non-hydrogen) atoms. The topological polar surface area (TPSA) is 81.7 Å². The van der Waals surface area contributed by atoms with Crippen molar-refractivity contribution in [1.29, 1.82) is 0 Å². The van der Waals surface area contributed by atoms with E-state index in [4.69, 9.17) is 19.8 Å². The van der Waals surface area contributed by atoms with Crippen molar-refractivity contribution >= 4 is 50.5 Å². The number of hydrogen-bond acceptors (Lipinski definition) is 8. The third kappa shape index (κ3) is 4.93. The number of para-hydroxylation sites is 3. The highest BCUT2D eigenvalue weighted by Gasteiger charge is 2.43. The van der Waals surface area contributed by atoms with Crippen LogP contribution in [-0.2, 0) is 0 Å². The Morgan fingerprint density at radius 2 is 1.53 bits per heavy atom. The maximum atomic E-state index is 13.6. The molecule has 8 rings (SSSR count). The Balaban J connectivity index is 1.30. The number of phenols is 1. The molecule has 9 nitrogen and oxygen atoms in total. The summed E-state index contributed by atoms with van der Waals surface area (Å²) in [5, 5.41) is 15.8. The number of phenolic OH excluding ortho intramolecular Hbond substituents is 1. The third-order valence-corrected chi connectivity index (χ3v) is 9.58. The highest BCUT2D eigenvalue weighted by atomic mass is 79.9. The molecule has 0 radical (unpaired) electrons. The van der Waals surface area contributed by atoms with E-state index in [-0.39, 0.29) is 17.6 Å². The van der Waals surface area contributed by atoms with Crippen LogP contribution in [0.25, 0.3) is 5.69 Å². The number of anilines is 2. The van der Waals surface area contributed by atoms with Gasteiger partial charge >= 0.3 is 0 Å². The van der Waals surface area contributed by atoms with Crippen molar-refractivity contribution in [2.45, 2.75) is 13.0 Å². The van der Waals surface area contributed by atoms with Gasteiger partial charge in [0.05, 0.1) is 40.4 Å². The zero-order valence-electron chi connectivity index (χ0n) is 25.8. The number of aromatic nitrogens is 2. The molecule has 1 saturated heterocycles. The molecule has 1 fully saturated rings. The lowest BCUT2D eigenvalue weighted by atomic mass is 9.93. The molecule has 5 aromatic rings. The first-order valence-corrected chi connectivity index (χ1v) is 16.2. The van der Waals surface area contributed by atoms with Gasteiger partial charge in [-0.05, 0) is 89.1 Å². The Morgan fingerprint density at radius 1 is 0.830 bits per heavy atom. The summed E-state index contributed by atoms with van der Waals surface area (Å²) in [4.78, 5) is 17.4. The molecule has 4 heterocycles. The molecule has 1 aromatic heterocycles. The molecule has 3 aliphatic rings. The predicted molar refractivity (Wildman–Crippen MR) is 186 cm³/mol. The maximum absolute atomic E-state index is 13.6. The summed E-state index contributed by atoms with van der Waals surface area (Å²) in [6.07, 6.45) is 0. The van der Waals surface area contributed by atoms with Crippen LogP contribution >= 0.6 is 15.9 Å². The summed E-state index contributed by atoms with van der Waals surface area (Å²) in [6, 6.07) is 28.2. The molecule has 0 aliphatic carbocycles. The fourth-order valence-corrected chi connectivity index (χ4v) is 7.17. The Hall–Kier alpha value is -5.16. The number of hydrogen-bond donors (Lipinski definition) is 1. The smallest absolute Gasteiger partial charge is 0.179 e. The second-order valence-electron chi connectivity index (χ2n) is 11.7. The number of amidine groups is 2. The van der Waals surface area contributed by atoms with Crippen LogP contribution in [0.4, 0.5) is 27.3 Å². The molecule has 0 bridgehead atoms. The second-order valence-corrected chi connectivity index (χ2v) is 12.6. The standard InChI is InChI=1S/C36H31BrFN7O2/c1-22-31-32(23-20-27(37)33(46)30(21-23)47-2)44-29-11-7-6-10-28(29)39-35(36(44)40-34(31)45(41-22)26-8-4-3-5-9-26)43-18-16-42(17-19-43)25-14-12-24(38)13-15-25/h3-15,20-21,32,46H,16-19H2,1-2H3/t32-/m0/s1. The minimum absolute atomic E-state index is 0.0400. The van der Waals surface area contributed by atoms with Crippen molar-refractivity contribution in [3.8, 4) is 17.2 Å². The summed E-state index contributed by atoms with van der Waals surface area (Å²) >= 11 is 3.57. The number of nitrogens with zero attached hydrogens (tertiary/aromatic N) is 7. The quantitative estimate of drug-likeness (QED) is 0.213. The van der Waals surface area contributed by atoms with Crippen LogP contribution in [0.5, 0.6) is 11.5 Å². The zero-order chi connectivity index (χ0) is 32.2. The van der Waals surface area contributed by atoms with E-state index >= 15 is 0 Å². The second kappa shape index (κ2) is 11.6. The number of aryl methyl sites for hydroxylation is 1. The number of aliphatic imine (C=N–C) groups is 2. The molecule has 4 aromatic carbocycles. The van der Waals surface area contributed by atoms with E-state index in [2.05, 4.69) is 36.7 Å². The third-order valence-electron chi connectivity index (χ3n) is 8.98. The molecule has 0 unspecified atom stereocenters. The van der Waals surface area contributed by atoms with E-state index in [0.717, 1.165) is 70.1 Å². The summed E-state index contributed by atoms with van der Waals surface area (Å²) in [6.45, 7) is 4.92. The molecule has 0 saturated carbocycles. The van der Waals surface area contributed by atoms with Crippen molar-refractivity contribution in [2.75, 3.05) is 43.1 Å². The highest BCUT2D eigenvalue weighted by molar-refractivity contribution is 9.10. The van der Waals surface area contributed by atoms with Crippen molar-refractivity contribution < 1.29 is 14.2 Å². The zero-order valence-corrected chi connectivity index (χ0v) is 27.4. The van der Waals surface area contributed by atoms with Gasteiger partial charge in [-0.3, -0.25) is 0 Å². The van der Waals surface area contributed by atoms with E-state index < -0.39 is 0 Å². The van der Waals surface area contributed by atoms with Crippen molar-refractivity contribution in [3.63, 3.8) is 0 Å². The van der Waals surface area contributed by atoms with Crippen molar-refractivity contribution in [1.82, 2.24) is 14.7 Å². The average Bonchev–Trinajstić information content (AvgIpc) is 3.44. The number of ether oxygens (including phenoxy) is 1. The van der Waals surface area contributed by atoms with E-state index in [1.807, 2.05) is 84.4 Å². The average molecular weight is 693 g/mol. The monoisotopic (exact) mass is 691 g/mol. The normalized spacial score (nSPS) is 17.0. The summed E-state index contributed by atoms with van der Waals surface area (Å²) in [7, 11) is 1.55. The molecule has 11 heteroatoms. The molecule has 236 valence electrons. The number of halogens is 2. The van der Waals surface area contributed by atoms with Gasteiger partial charge in [-0.2, -0.15) is 5.10 Å². The van der Waals surface area contributed by atoms with Gasteiger partial charge in [0.2, 0.25) is 0 Å². The fraction of sp³-hybridized carbons (Fsp3) is 0.194. The first kappa shape index (κ1) is 29.3. The number of rotatable bonds is 4. The van der Waals surface area contributed by atoms with Gasteiger partial charge in [0.15, 0.2) is 29.0 Å². The van der Waals surface area contributed by atoms with Crippen LogP contribution in [0.3, 0.4) is 0 Å². The lowest BCUT2D eigenvalue weighted by Crippen LogP contribution is -2.55. The van der Waals surface area contributed by atoms with E-state index in [0.29, 0.717) is 23.3 Å².